The Morgan fingerprint density at radius 2 is 2.04 bits per heavy atom. The number of methoxy groups -OCH3 is 1. The predicted molar refractivity (Wildman–Crippen MR) is 87.9 cm³/mol. The van der Waals surface area contributed by atoms with Crippen LogP contribution in [0, 0.1) is 5.92 Å². The maximum absolute atomic E-state index is 12.1. The van der Waals surface area contributed by atoms with Gasteiger partial charge in [0.2, 0.25) is 0 Å². The first-order valence-electron chi connectivity index (χ1n) is 7.10. The van der Waals surface area contributed by atoms with E-state index < -0.39 is 5.97 Å². The molecule has 6 nitrogen and oxygen atoms in total. The number of carboxylic acid groups (broad SMARTS) is 1. The van der Waals surface area contributed by atoms with E-state index in [2.05, 4.69) is 10.3 Å². The van der Waals surface area contributed by atoms with Crippen LogP contribution < -0.4 is 10.1 Å². The summed E-state index contributed by atoms with van der Waals surface area (Å²) in [6.45, 7) is 2.10. The highest BCUT2D eigenvalue weighted by Crippen LogP contribution is 2.26. The first-order chi connectivity index (χ1) is 11.0. The minimum atomic E-state index is -0.869. The number of nitrogens with zero attached hydrogens (tertiary/aromatic N) is 1. The number of carbonyl (C=O) groups excluding carboxylic acids is 1. The van der Waals surface area contributed by atoms with Gasteiger partial charge in [0.1, 0.15) is 15.6 Å². The van der Waals surface area contributed by atoms with E-state index in [1.165, 1.54) is 17.5 Å². The Labute approximate surface area is 138 Å². The molecule has 7 heteroatoms. The second-order valence-corrected chi connectivity index (χ2v) is 6.20. The molecule has 2 rings (SSSR count). The van der Waals surface area contributed by atoms with Gasteiger partial charge in [-0.3, -0.25) is 9.59 Å². The van der Waals surface area contributed by atoms with Crippen LogP contribution in [0.1, 0.15) is 23.0 Å². The molecule has 1 aromatic carbocycles. The van der Waals surface area contributed by atoms with Crippen molar-refractivity contribution in [1.29, 1.82) is 0 Å². The molecule has 23 heavy (non-hydrogen) atoms. The van der Waals surface area contributed by atoms with Gasteiger partial charge in [0.15, 0.2) is 0 Å². The summed E-state index contributed by atoms with van der Waals surface area (Å²) in [7, 11) is 1.60. The number of ether oxygens (including phenoxy) is 1. The summed E-state index contributed by atoms with van der Waals surface area (Å²) in [6.07, 6.45) is 1.56. The SMILES string of the molecule is COc1ccc(-c2ncc(C(=O)NCC(C)CC(=O)O)s2)cc1. The second kappa shape index (κ2) is 7.73. The maximum Gasteiger partial charge on any atom is 0.303 e. The molecule has 1 unspecified atom stereocenters. The molecule has 1 aromatic heterocycles. The summed E-state index contributed by atoms with van der Waals surface area (Å²) in [4.78, 5) is 27.4. The topological polar surface area (TPSA) is 88.5 Å². The van der Waals surface area contributed by atoms with E-state index in [0.29, 0.717) is 11.4 Å². The highest BCUT2D eigenvalue weighted by molar-refractivity contribution is 7.16. The number of thiazole rings is 1. The quantitative estimate of drug-likeness (QED) is 0.812. The van der Waals surface area contributed by atoms with Crippen molar-refractivity contribution < 1.29 is 19.4 Å². The normalized spacial score (nSPS) is 11.7. The van der Waals surface area contributed by atoms with Crippen LogP contribution in [0.4, 0.5) is 0 Å². The van der Waals surface area contributed by atoms with Crippen molar-refractivity contribution in [3.63, 3.8) is 0 Å². The molecule has 2 aromatic rings. The highest BCUT2D eigenvalue weighted by atomic mass is 32.1. The molecule has 0 aliphatic heterocycles. The third kappa shape index (κ3) is 4.79. The Hall–Kier alpha value is -2.41. The van der Waals surface area contributed by atoms with Crippen LogP contribution in [-0.2, 0) is 4.79 Å². The summed E-state index contributed by atoms with van der Waals surface area (Å²) in [5.41, 5.74) is 0.911. The molecule has 0 saturated carbocycles. The molecule has 122 valence electrons. The molecule has 0 aliphatic carbocycles. The first-order valence-corrected chi connectivity index (χ1v) is 7.91. The zero-order valence-electron chi connectivity index (χ0n) is 12.9. The average Bonchev–Trinajstić information content (AvgIpc) is 3.02. The van der Waals surface area contributed by atoms with E-state index in [4.69, 9.17) is 9.84 Å². The lowest BCUT2D eigenvalue weighted by molar-refractivity contribution is -0.137. The first kappa shape index (κ1) is 17.0. The summed E-state index contributed by atoms with van der Waals surface area (Å²) in [5.74, 6) is -0.466. The van der Waals surface area contributed by atoms with Crippen LogP contribution in [0.5, 0.6) is 5.75 Å². The predicted octanol–water partition coefficient (Wildman–Crippen LogP) is 2.66. The molecule has 1 amide bonds. The number of aromatic nitrogens is 1. The zero-order chi connectivity index (χ0) is 16.8. The second-order valence-electron chi connectivity index (χ2n) is 5.17. The van der Waals surface area contributed by atoms with E-state index >= 15 is 0 Å². The number of hydrogen-bond acceptors (Lipinski definition) is 5. The van der Waals surface area contributed by atoms with Gasteiger partial charge < -0.3 is 15.2 Å². The standard InChI is InChI=1S/C16H18N2O4S/c1-10(7-14(19)20)8-17-15(21)13-9-18-16(23-13)11-3-5-12(22-2)6-4-11/h3-6,9-10H,7-8H2,1-2H3,(H,17,21)(H,19,20). The number of aliphatic carboxylic acids is 1. The van der Waals surface area contributed by atoms with Crippen LogP contribution in [0.2, 0.25) is 0 Å². The molecule has 0 fully saturated rings. The zero-order valence-corrected chi connectivity index (χ0v) is 13.7. The molecule has 0 bridgehead atoms. The fourth-order valence-electron chi connectivity index (χ4n) is 1.97. The summed E-state index contributed by atoms with van der Waals surface area (Å²) in [5, 5.41) is 12.2. The van der Waals surface area contributed by atoms with Gasteiger partial charge in [-0.05, 0) is 30.2 Å². The molecule has 1 heterocycles. The Kier molecular flexibility index (Phi) is 5.70. The maximum atomic E-state index is 12.1. The van der Waals surface area contributed by atoms with E-state index in [1.54, 1.807) is 14.0 Å². The number of nitrogens with one attached hydrogen (secondary N) is 1. The molecule has 2 N–H and O–H groups in total. The lowest BCUT2D eigenvalue weighted by Gasteiger charge is -2.09. The van der Waals surface area contributed by atoms with Gasteiger partial charge in [0, 0.05) is 18.5 Å². The van der Waals surface area contributed by atoms with E-state index in [0.717, 1.165) is 16.3 Å². The minimum Gasteiger partial charge on any atom is -0.497 e. The molecule has 0 spiro atoms. The fourth-order valence-corrected chi connectivity index (χ4v) is 2.81. The lowest BCUT2D eigenvalue weighted by atomic mass is 10.1. The number of rotatable bonds is 7. The van der Waals surface area contributed by atoms with Crippen molar-refractivity contribution in [2.45, 2.75) is 13.3 Å². The average molecular weight is 334 g/mol. The van der Waals surface area contributed by atoms with Crippen LogP contribution in [-0.4, -0.2) is 35.6 Å². The number of carboxylic acids is 1. The van der Waals surface area contributed by atoms with Crippen molar-refractivity contribution in [2.75, 3.05) is 13.7 Å². The van der Waals surface area contributed by atoms with Crippen molar-refractivity contribution in [3.05, 3.63) is 35.3 Å². The van der Waals surface area contributed by atoms with Gasteiger partial charge in [0.25, 0.3) is 5.91 Å². The van der Waals surface area contributed by atoms with Crippen LogP contribution in [0.25, 0.3) is 10.6 Å². The van der Waals surface area contributed by atoms with Gasteiger partial charge in [-0.15, -0.1) is 11.3 Å². The van der Waals surface area contributed by atoms with Crippen LogP contribution >= 0.6 is 11.3 Å². The van der Waals surface area contributed by atoms with Crippen molar-refractivity contribution in [1.82, 2.24) is 10.3 Å². The summed E-state index contributed by atoms with van der Waals surface area (Å²) in [6, 6.07) is 7.44. The molecule has 0 radical (unpaired) electrons. The Balaban J connectivity index is 1.97. The largest absolute Gasteiger partial charge is 0.497 e. The van der Waals surface area contributed by atoms with Gasteiger partial charge in [-0.1, -0.05) is 6.92 Å². The van der Waals surface area contributed by atoms with Gasteiger partial charge >= 0.3 is 5.97 Å². The number of carbonyl (C=O) groups is 2. The molecule has 0 saturated heterocycles. The molecular weight excluding hydrogens is 316 g/mol. The fraction of sp³-hybridized carbons (Fsp3) is 0.312. The van der Waals surface area contributed by atoms with Crippen molar-refractivity contribution >= 4 is 23.2 Å². The van der Waals surface area contributed by atoms with Crippen LogP contribution in [0.15, 0.2) is 30.5 Å². The number of hydrogen-bond donors (Lipinski definition) is 2. The van der Waals surface area contributed by atoms with Gasteiger partial charge in [-0.2, -0.15) is 0 Å². The third-order valence-electron chi connectivity index (χ3n) is 3.20. The van der Waals surface area contributed by atoms with Gasteiger partial charge in [-0.25, -0.2) is 4.98 Å². The molecule has 1 atom stereocenters. The summed E-state index contributed by atoms with van der Waals surface area (Å²) >= 11 is 1.29. The smallest absolute Gasteiger partial charge is 0.303 e. The van der Waals surface area contributed by atoms with E-state index in [-0.39, 0.29) is 18.2 Å². The Morgan fingerprint density at radius 1 is 1.35 bits per heavy atom. The third-order valence-corrected chi connectivity index (χ3v) is 4.25. The Bertz CT molecular complexity index is 682. The summed E-state index contributed by atoms with van der Waals surface area (Å²) < 4.78 is 5.11. The lowest BCUT2D eigenvalue weighted by Crippen LogP contribution is -2.28. The molecule has 0 aliphatic rings. The number of amides is 1. The van der Waals surface area contributed by atoms with Gasteiger partial charge in [0.05, 0.1) is 13.3 Å². The Morgan fingerprint density at radius 3 is 2.65 bits per heavy atom. The number of benzene rings is 1. The van der Waals surface area contributed by atoms with Crippen molar-refractivity contribution in [3.8, 4) is 16.3 Å². The van der Waals surface area contributed by atoms with Crippen molar-refractivity contribution in [2.24, 2.45) is 5.92 Å². The van der Waals surface area contributed by atoms with Crippen LogP contribution in [0.3, 0.4) is 0 Å². The highest BCUT2D eigenvalue weighted by Gasteiger charge is 2.14. The van der Waals surface area contributed by atoms with E-state index in [1.807, 2.05) is 24.3 Å². The minimum absolute atomic E-state index is 0.0278. The van der Waals surface area contributed by atoms with E-state index in [9.17, 15) is 9.59 Å². The molecular formula is C16H18N2O4S. The monoisotopic (exact) mass is 334 g/mol.